The number of benzene rings is 2. The molecule has 0 spiro atoms. The molecule has 4 rings (SSSR count). The molecule has 2 fully saturated rings. The van der Waals surface area contributed by atoms with E-state index in [4.69, 9.17) is 14.2 Å². The summed E-state index contributed by atoms with van der Waals surface area (Å²) in [5.74, 6) is -0.108. The number of aliphatic hydroxyl groups is 1. The lowest BCUT2D eigenvalue weighted by Crippen LogP contribution is -2.51. The summed E-state index contributed by atoms with van der Waals surface area (Å²) in [6.45, 7) is 4.32. The van der Waals surface area contributed by atoms with Crippen LogP contribution in [0.1, 0.15) is 25.8 Å². The van der Waals surface area contributed by atoms with E-state index in [9.17, 15) is 28.4 Å². The van der Waals surface area contributed by atoms with Gasteiger partial charge in [0.25, 0.3) is 0 Å². The summed E-state index contributed by atoms with van der Waals surface area (Å²) < 4.78 is 45.0. The Bertz CT molecular complexity index is 1210. The zero-order valence-corrected chi connectivity index (χ0v) is 23.4. The van der Waals surface area contributed by atoms with Gasteiger partial charge in [-0.1, -0.05) is 56.3 Å². The lowest BCUT2D eigenvalue weighted by atomic mass is 9.81. The molecule has 0 saturated carbocycles. The average molecular weight is 576 g/mol. The van der Waals surface area contributed by atoms with Crippen molar-refractivity contribution in [2.75, 3.05) is 26.3 Å². The van der Waals surface area contributed by atoms with E-state index in [1.165, 1.54) is 28.6 Å². The number of carbonyl (C=O) groups excluding carboxylic acids is 1. The number of sulfonamides is 1. The van der Waals surface area contributed by atoms with Gasteiger partial charge in [-0.2, -0.15) is 4.31 Å². The third kappa shape index (κ3) is 7.61. The predicted octanol–water partition coefficient (Wildman–Crippen LogP) is 0.473. The van der Waals surface area contributed by atoms with Crippen molar-refractivity contribution in [3.63, 3.8) is 0 Å². The van der Waals surface area contributed by atoms with Gasteiger partial charge in [-0.15, -0.1) is 0 Å². The van der Waals surface area contributed by atoms with Crippen molar-refractivity contribution in [2.24, 2.45) is 11.8 Å². The lowest BCUT2D eigenvalue weighted by Gasteiger charge is -2.31. The minimum Gasteiger partial charge on any atom is -0.443 e. The molecule has 40 heavy (non-hydrogen) atoms. The number of hydrogen-bond donors (Lipinski definition) is 4. The van der Waals surface area contributed by atoms with Crippen LogP contribution in [0.5, 0.6) is 0 Å². The van der Waals surface area contributed by atoms with E-state index in [0.29, 0.717) is 6.61 Å². The van der Waals surface area contributed by atoms with Gasteiger partial charge in [0, 0.05) is 13.1 Å². The topological polar surface area (TPSA) is 155 Å². The Morgan fingerprint density at radius 2 is 1.80 bits per heavy atom. The summed E-state index contributed by atoms with van der Waals surface area (Å²) >= 11 is 0. The number of carbonyl (C=O) groups is 1. The zero-order chi connectivity index (χ0) is 28.9. The van der Waals surface area contributed by atoms with Crippen LogP contribution in [0.3, 0.4) is 0 Å². The monoisotopic (exact) mass is 576 g/mol. The summed E-state index contributed by atoms with van der Waals surface area (Å²) in [5.41, 5.74) is 1.000. The molecule has 0 aliphatic carbocycles. The van der Waals surface area contributed by atoms with E-state index >= 15 is 0 Å². The van der Waals surface area contributed by atoms with Crippen molar-refractivity contribution in [3.8, 4) is 0 Å². The highest BCUT2D eigenvalue weighted by atomic mass is 32.2. The fourth-order valence-corrected chi connectivity index (χ4v) is 6.62. The van der Waals surface area contributed by atoms with Crippen LogP contribution in [0.2, 0.25) is 0 Å². The molecule has 13 heteroatoms. The number of alkyl carbamates (subject to hydrolysis) is 1. The second kappa shape index (κ2) is 13.4. The summed E-state index contributed by atoms with van der Waals surface area (Å²) in [4.78, 5) is 12.9. The van der Waals surface area contributed by atoms with Gasteiger partial charge in [0.05, 0.1) is 36.2 Å². The van der Waals surface area contributed by atoms with E-state index in [1.807, 2.05) is 44.2 Å². The van der Waals surface area contributed by atoms with Gasteiger partial charge in [0.1, 0.15) is 6.10 Å². The van der Waals surface area contributed by atoms with Crippen molar-refractivity contribution < 1.29 is 42.6 Å². The number of nitrogens with zero attached hydrogens (tertiary/aromatic N) is 1. The molecule has 0 bridgehead atoms. The molecule has 5 atom stereocenters. The first-order chi connectivity index (χ1) is 19.0. The summed E-state index contributed by atoms with van der Waals surface area (Å²) in [7, 11) is -5.79. The van der Waals surface area contributed by atoms with Gasteiger partial charge in [-0.25, -0.2) is 13.2 Å². The normalized spacial score (nSPS) is 22.2. The van der Waals surface area contributed by atoms with E-state index in [-0.39, 0.29) is 54.6 Å². The van der Waals surface area contributed by atoms with Crippen molar-refractivity contribution in [1.29, 1.82) is 0 Å². The maximum atomic E-state index is 13.6. The first-order valence-electron chi connectivity index (χ1n) is 13.4. The van der Waals surface area contributed by atoms with Crippen molar-refractivity contribution >= 4 is 28.7 Å². The van der Waals surface area contributed by atoms with Crippen LogP contribution in [0.15, 0.2) is 59.5 Å². The molecule has 2 aromatic carbocycles. The van der Waals surface area contributed by atoms with Gasteiger partial charge in [-0.05, 0) is 41.9 Å². The first kappa shape index (κ1) is 30.4. The summed E-state index contributed by atoms with van der Waals surface area (Å²) in [5, 5.41) is 32.8. The fourth-order valence-electron chi connectivity index (χ4n) is 5.00. The smallest absolute Gasteiger partial charge is 0.443 e. The minimum absolute atomic E-state index is 0.0479. The Morgan fingerprint density at radius 3 is 2.45 bits per heavy atom. The molecule has 0 radical (unpaired) electrons. The highest BCUT2D eigenvalue weighted by molar-refractivity contribution is 7.89. The Hall–Kier alpha value is -2.52. The highest BCUT2D eigenvalue weighted by Gasteiger charge is 2.44. The van der Waals surface area contributed by atoms with Crippen molar-refractivity contribution in [1.82, 2.24) is 9.62 Å². The minimum atomic E-state index is -4.06. The third-order valence-electron chi connectivity index (χ3n) is 7.09. The van der Waals surface area contributed by atoms with Crippen LogP contribution in [0, 0.1) is 11.8 Å². The maximum Gasteiger partial charge on any atom is 0.488 e. The Morgan fingerprint density at radius 1 is 1.10 bits per heavy atom. The molecule has 0 unspecified atom stereocenters. The predicted molar refractivity (Wildman–Crippen MR) is 147 cm³/mol. The molecular weight excluding hydrogens is 539 g/mol. The second-order valence-corrected chi connectivity index (χ2v) is 12.6. The van der Waals surface area contributed by atoms with Gasteiger partial charge >= 0.3 is 13.2 Å². The maximum absolute atomic E-state index is 13.6. The molecule has 2 aliphatic rings. The zero-order valence-electron chi connectivity index (χ0n) is 22.6. The molecule has 0 aromatic heterocycles. The standard InChI is InChI=1S/C27H37BN2O9S/c1-18(2)15-30(40(35,36)21-10-8-20(9-11-21)28(33)34)16-24(31)23(14-19-6-4-3-5-7-19)29-27(32)39-25-17-38-26-22(25)12-13-37-26/h3-11,18,22-26,31,33-34H,12-17H2,1-2H3,(H,29,32)/t22-,23-,24+,25-,26+/m0/s1. The molecular formula is C27H37BN2O9S. The Balaban J connectivity index is 1.51. The van der Waals surface area contributed by atoms with Crippen LogP contribution < -0.4 is 10.8 Å². The van der Waals surface area contributed by atoms with Gasteiger partial charge in [0.2, 0.25) is 10.0 Å². The number of hydrogen-bond acceptors (Lipinski definition) is 9. The number of aliphatic hydroxyl groups excluding tert-OH is 1. The van der Waals surface area contributed by atoms with Crippen LogP contribution in [0.4, 0.5) is 4.79 Å². The first-order valence-corrected chi connectivity index (χ1v) is 14.9. The van der Waals surface area contributed by atoms with Crippen LogP contribution in [-0.4, -0.2) is 91.9 Å². The molecule has 2 aromatic rings. The Labute approximate surface area is 235 Å². The molecule has 218 valence electrons. The van der Waals surface area contributed by atoms with Gasteiger partial charge in [-0.3, -0.25) is 0 Å². The summed E-state index contributed by atoms with van der Waals surface area (Å²) in [6, 6.07) is 13.6. The quantitative estimate of drug-likeness (QED) is 0.264. The lowest BCUT2D eigenvalue weighted by molar-refractivity contribution is -0.0907. The number of fused-ring (bicyclic) bond motifs is 1. The Kier molecular flexibility index (Phi) is 10.2. The van der Waals surface area contributed by atoms with E-state index in [1.54, 1.807) is 0 Å². The van der Waals surface area contributed by atoms with Gasteiger partial charge in [0.15, 0.2) is 6.29 Å². The second-order valence-electron chi connectivity index (χ2n) is 10.6. The largest absolute Gasteiger partial charge is 0.488 e. The van der Waals surface area contributed by atoms with Gasteiger partial charge < -0.3 is 34.7 Å². The number of amides is 1. The van der Waals surface area contributed by atoms with Crippen LogP contribution in [0.25, 0.3) is 0 Å². The van der Waals surface area contributed by atoms with Crippen LogP contribution in [-0.2, 0) is 30.7 Å². The van der Waals surface area contributed by atoms with Crippen LogP contribution >= 0.6 is 0 Å². The fraction of sp³-hybridized carbons (Fsp3) is 0.519. The van der Waals surface area contributed by atoms with E-state index in [2.05, 4.69) is 5.32 Å². The number of rotatable bonds is 12. The molecule has 11 nitrogen and oxygen atoms in total. The molecule has 2 saturated heterocycles. The van der Waals surface area contributed by atoms with E-state index < -0.39 is 41.5 Å². The SMILES string of the molecule is CC(C)CN(C[C@@H](O)[C@H](Cc1ccccc1)NC(=O)O[C@H]1CO[C@H]2OCC[C@H]21)S(=O)(=O)c1ccc(B(O)O)cc1. The molecule has 2 aliphatic heterocycles. The highest BCUT2D eigenvalue weighted by Crippen LogP contribution is 2.33. The van der Waals surface area contributed by atoms with E-state index in [0.717, 1.165) is 12.0 Å². The molecule has 1 amide bonds. The number of nitrogens with one attached hydrogen (secondary N) is 1. The molecule has 2 heterocycles. The summed E-state index contributed by atoms with van der Waals surface area (Å²) in [6.07, 6.45) is -1.89. The van der Waals surface area contributed by atoms with Crippen molar-refractivity contribution in [2.45, 2.75) is 56.1 Å². The molecule has 4 N–H and O–H groups in total. The van der Waals surface area contributed by atoms with Crippen molar-refractivity contribution in [3.05, 3.63) is 60.2 Å². The number of ether oxygens (including phenoxy) is 3. The average Bonchev–Trinajstić information content (AvgIpc) is 3.53. The third-order valence-corrected chi connectivity index (χ3v) is 8.93.